The number of nitrogens with one attached hydrogen (secondary N) is 1. The molecule has 0 bridgehead atoms. The number of aryl methyl sites for hydroxylation is 1. The van der Waals surface area contributed by atoms with E-state index in [1.165, 1.54) is 17.7 Å². The monoisotopic (exact) mass is 674 g/mol. The van der Waals surface area contributed by atoms with Crippen LogP contribution in [0.2, 0.25) is 0 Å². The number of likely N-dealkylation sites (tertiary alicyclic amines) is 1. The van der Waals surface area contributed by atoms with E-state index >= 15 is 0 Å². The predicted molar refractivity (Wildman–Crippen MR) is 190 cm³/mol. The maximum Gasteiger partial charge on any atom is 0.434 e. The van der Waals surface area contributed by atoms with Crippen LogP contribution in [0.3, 0.4) is 0 Å². The summed E-state index contributed by atoms with van der Waals surface area (Å²) in [5.41, 5.74) is 7.46. The van der Waals surface area contributed by atoms with E-state index in [9.17, 15) is 18.8 Å². The third kappa shape index (κ3) is 6.08. The zero-order valence-electron chi connectivity index (χ0n) is 28.6. The lowest BCUT2D eigenvalue weighted by atomic mass is 9.99. The molecule has 1 N–H and O–H groups in total. The molecule has 10 heteroatoms. The number of fused-ring (bicyclic) bond motifs is 3. The Morgan fingerprint density at radius 1 is 1.04 bits per heavy atom. The van der Waals surface area contributed by atoms with Crippen LogP contribution in [-0.2, 0) is 17.8 Å². The van der Waals surface area contributed by atoms with Crippen molar-refractivity contribution in [3.8, 4) is 22.6 Å². The predicted octanol–water partition coefficient (Wildman–Crippen LogP) is 8.24. The highest BCUT2D eigenvalue weighted by Crippen LogP contribution is 2.41. The Labute approximate surface area is 289 Å². The van der Waals surface area contributed by atoms with Crippen molar-refractivity contribution in [2.75, 3.05) is 13.1 Å². The van der Waals surface area contributed by atoms with Gasteiger partial charge in [0.05, 0.1) is 18.8 Å². The molecule has 1 saturated carbocycles. The minimum absolute atomic E-state index is 0.0229. The highest BCUT2D eigenvalue weighted by molar-refractivity contribution is 6.03. The quantitative estimate of drug-likeness (QED) is 0.202. The van der Waals surface area contributed by atoms with Gasteiger partial charge in [0.1, 0.15) is 17.4 Å². The Balaban J connectivity index is 1.11. The van der Waals surface area contributed by atoms with Crippen molar-refractivity contribution in [2.24, 2.45) is 10.9 Å². The number of amides is 3. The van der Waals surface area contributed by atoms with Crippen LogP contribution < -0.4 is 5.32 Å². The lowest BCUT2D eigenvalue weighted by molar-refractivity contribution is 0.0595. The van der Waals surface area contributed by atoms with Crippen LogP contribution >= 0.6 is 0 Å². The highest BCUT2D eigenvalue weighted by atomic mass is 19.1. The van der Waals surface area contributed by atoms with Gasteiger partial charge in [-0.05, 0) is 99.5 Å². The lowest BCUT2D eigenvalue weighted by Gasteiger charge is -2.30. The smallest absolute Gasteiger partial charge is 0.434 e. The fraction of sp³-hybridized carbons (Fsp3) is 0.350. The first kappa shape index (κ1) is 32.0. The molecule has 9 nitrogen and oxygen atoms in total. The molecule has 3 aromatic carbocycles. The molecule has 1 aliphatic carbocycles. The minimum Gasteiger partial charge on any atom is -0.454 e. The summed E-state index contributed by atoms with van der Waals surface area (Å²) in [6, 6.07) is 20.0. The maximum atomic E-state index is 14.8. The number of halogens is 1. The number of benzene rings is 3. The van der Waals surface area contributed by atoms with E-state index < -0.39 is 17.9 Å². The summed E-state index contributed by atoms with van der Waals surface area (Å²) in [5.74, 6) is 0.968. The number of piperidine rings is 1. The van der Waals surface area contributed by atoms with Crippen LogP contribution in [-0.4, -0.2) is 57.9 Å². The topological polar surface area (TPSA) is 106 Å². The molecule has 2 fully saturated rings. The fourth-order valence-electron chi connectivity index (χ4n) is 7.13. The van der Waals surface area contributed by atoms with E-state index in [2.05, 4.69) is 45.2 Å². The van der Waals surface area contributed by atoms with Crippen molar-refractivity contribution in [2.45, 2.75) is 71.8 Å². The molecule has 0 radical (unpaired) electrons. The standard InChI is InChI=1S/C40H39FN4O5/c1-22-31-11-10-27(38(47)44-20-29(41)17-30(21-44)43-39(48)50-40(2,3)4)16-35(31)49-36(22)34-15-26-8-7-25(14-33(26)45(34)19-23-5-6-23)24-9-12-32-28(13-24)18-42-37(32)46/h7-16,23,29H,5-6,17-21H2,1-4H3,(H,42,46)/b43-30+/t29-/m1/s1. The number of carbonyl (C=O) groups excluding carboxylic acids is 3. The summed E-state index contributed by atoms with van der Waals surface area (Å²) in [6.45, 7) is 8.62. The van der Waals surface area contributed by atoms with Gasteiger partial charge >= 0.3 is 6.09 Å². The van der Waals surface area contributed by atoms with Crippen LogP contribution in [0.5, 0.6) is 0 Å². The van der Waals surface area contributed by atoms with E-state index in [-0.39, 0.29) is 37.0 Å². The molecule has 2 aliphatic heterocycles. The summed E-state index contributed by atoms with van der Waals surface area (Å²) in [6.07, 6.45) is 0.228. The minimum atomic E-state index is -1.34. The third-order valence-corrected chi connectivity index (χ3v) is 9.76. The van der Waals surface area contributed by atoms with E-state index in [1.54, 1.807) is 32.9 Å². The molecule has 256 valence electrons. The van der Waals surface area contributed by atoms with Gasteiger partial charge in [-0.25, -0.2) is 9.18 Å². The second-order valence-corrected chi connectivity index (χ2v) is 14.8. The van der Waals surface area contributed by atoms with E-state index in [0.717, 1.165) is 62.1 Å². The molecule has 0 unspecified atom stereocenters. The van der Waals surface area contributed by atoms with Gasteiger partial charge in [-0.3, -0.25) is 9.59 Å². The molecular weight excluding hydrogens is 635 g/mol. The van der Waals surface area contributed by atoms with Gasteiger partial charge in [-0.1, -0.05) is 24.3 Å². The number of hydrogen-bond acceptors (Lipinski definition) is 5. The van der Waals surface area contributed by atoms with Gasteiger partial charge in [0.15, 0.2) is 5.76 Å². The first-order valence-electron chi connectivity index (χ1n) is 17.2. The largest absolute Gasteiger partial charge is 0.454 e. The Bertz CT molecular complexity index is 2250. The molecule has 1 atom stereocenters. The van der Waals surface area contributed by atoms with E-state index in [0.29, 0.717) is 23.6 Å². The summed E-state index contributed by atoms with van der Waals surface area (Å²) in [5, 5.41) is 4.90. The first-order chi connectivity index (χ1) is 23.9. The summed E-state index contributed by atoms with van der Waals surface area (Å²) >= 11 is 0. The number of aromatic nitrogens is 1. The van der Waals surface area contributed by atoms with Gasteiger partial charge in [-0.15, -0.1) is 0 Å². The number of alkyl halides is 1. The first-order valence-corrected chi connectivity index (χ1v) is 17.2. The molecular formula is C40H39FN4O5. The van der Waals surface area contributed by atoms with Crippen molar-refractivity contribution in [1.82, 2.24) is 14.8 Å². The van der Waals surface area contributed by atoms with Crippen LogP contribution in [0.1, 0.15) is 71.9 Å². The number of carbonyl (C=O) groups is 3. The second kappa shape index (κ2) is 12.0. The zero-order chi connectivity index (χ0) is 34.9. The van der Waals surface area contributed by atoms with E-state index in [1.807, 2.05) is 25.1 Å². The maximum absolute atomic E-state index is 14.8. The van der Waals surface area contributed by atoms with Crippen molar-refractivity contribution in [1.29, 1.82) is 0 Å². The number of nitrogens with zero attached hydrogens (tertiary/aromatic N) is 3. The summed E-state index contributed by atoms with van der Waals surface area (Å²) < 4.78 is 29.0. The number of rotatable bonds is 5. The SMILES string of the molecule is Cc1c(-c2cc3ccc(-c4ccc5c(c4)CNC5=O)cc3n2CC2CC2)oc2cc(C(=O)N3C/C(=N/C(=O)OC(C)(C)C)C[C@@H](F)C3)ccc12. The number of ether oxygens (including phenoxy) is 1. The third-order valence-electron chi connectivity index (χ3n) is 9.76. The van der Waals surface area contributed by atoms with Crippen molar-refractivity contribution in [3.63, 3.8) is 0 Å². The van der Waals surface area contributed by atoms with Crippen molar-refractivity contribution < 1.29 is 27.9 Å². The number of furan rings is 1. The van der Waals surface area contributed by atoms with Gasteiger partial charge in [0.2, 0.25) is 0 Å². The Kier molecular flexibility index (Phi) is 7.65. The van der Waals surface area contributed by atoms with Crippen molar-refractivity contribution in [3.05, 3.63) is 82.9 Å². The Morgan fingerprint density at radius 3 is 2.60 bits per heavy atom. The molecule has 0 spiro atoms. The van der Waals surface area contributed by atoms with Gasteiger partial charge < -0.3 is 23.9 Å². The molecule has 1 saturated heterocycles. The lowest BCUT2D eigenvalue weighted by Crippen LogP contribution is -2.45. The van der Waals surface area contributed by atoms with Gasteiger partial charge in [-0.2, -0.15) is 4.99 Å². The molecule has 2 aromatic heterocycles. The average Bonchev–Trinajstić information content (AvgIpc) is 3.60. The molecule has 4 heterocycles. The van der Waals surface area contributed by atoms with Crippen LogP contribution in [0.25, 0.3) is 44.5 Å². The van der Waals surface area contributed by atoms with Crippen molar-refractivity contribution >= 4 is 45.5 Å². The molecule has 50 heavy (non-hydrogen) atoms. The van der Waals surface area contributed by atoms with Crippen LogP contribution in [0.15, 0.2) is 70.1 Å². The summed E-state index contributed by atoms with van der Waals surface area (Å²) in [7, 11) is 0. The van der Waals surface area contributed by atoms with Gasteiger partial charge in [0, 0.05) is 58.2 Å². The molecule has 3 aliphatic rings. The zero-order valence-corrected chi connectivity index (χ0v) is 28.6. The second-order valence-electron chi connectivity index (χ2n) is 14.8. The molecule has 3 amide bonds. The molecule has 5 aromatic rings. The number of aliphatic imine (C=N–C) groups is 1. The summed E-state index contributed by atoms with van der Waals surface area (Å²) in [4.78, 5) is 43.4. The van der Waals surface area contributed by atoms with Crippen LogP contribution in [0, 0.1) is 12.8 Å². The molecule has 8 rings (SSSR count). The Morgan fingerprint density at radius 2 is 1.82 bits per heavy atom. The highest BCUT2D eigenvalue weighted by Gasteiger charge is 2.31. The normalized spacial score (nSPS) is 18.6. The Hall–Kier alpha value is -5.25. The van der Waals surface area contributed by atoms with E-state index in [4.69, 9.17) is 9.15 Å². The average molecular weight is 675 g/mol. The van der Waals surface area contributed by atoms with Gasteiger partial charge in [0.25, 0.3) is 11.8 Å². The number of hydrogen-bond donors (Lipinski definition) is 1. The van der Waals surface area contributed by atoms with Crippen LogP contribution in [0.4, 0.5) is 9.18 Å². The fourth-order valence-corrected chi connectivity index (χ4v) is 7.13.